The zero-order valence-electron chi connectivity index (χ0n) is 25.6. The number of rotatable bonds is 28. The highest BCUT2D eigenvalue weighted by atomic mass is 31.2. The third-order valence-corrected chi connectivity index (χ3v) is 7.31. The molecule has 0 radical (unpaired) electrons. The van der Waals surface area contributed by atoms with Crippen LogP contribution in [0.3, 0.4) is 0 Å². The molecule has 0 spiro atoms. The van der Waals surface area contributed by atoms with E-state index < -0.39 is 32.5 Å². The number of hydrogen-bond acceptors (Lipinski definition) is 9. The smallest absolute Gasteiger partial charge is 0.306 e. The highest BCUT2D eigenvalue weighted by Crippen LogP contribution is 2.38. The van der Waals surface area contributed by atoms with Crippen molar-refractivity contribution in [2.75, 3.05) is 47.5 Å². The van der Waals surface area contributed by atoms with Crippen molar-refractivity contribution in [2.45, 2.75) is 122 Å². The Morgan fingerprint density at radius 2 is 1.30 bits per heavy atom. The summed E-state index contributed by atoms with van der Waals surface area (Å²) in [4.78, 5) is 46.8. The normalized spacial score (nSPS) is 13.9. The van der Waals surface area contributed by atoms with Crippen molar-refractivity contribution in [3.05, 3.63) is 0 Å². The molecule has 0 N–H and O–H groups in total. The summed E-state index contributed by atoms with van der Waals surface area (Å²) >= 11 is 0. The van der Waals surface area contributed by atoms with Crippen molar-refractivity contribution in [1.29, 1.82) is 0 Å². The second-order valence-corrected chi connectivity index (χ2v) is 12.8. The number of quaternary nitrogens is 1. The van der Waals surface area contributed by atoms with Crippen LogP contribution in [-0.2, 0) is 37.5 Å². The first-order valence-electron chi connectivity index (χ1n) is 15.2. The molecule has 0 aliphatic rings. The molecule has 0 rings (SSSR count). The van der Waals surface area contributed by atoms with E-state index in [1.165, 1.54) is 57.8 Å². The van der Waals surface area contributed by atoms with Gasteiger partial charge in [0.1, 0.15) is 26.0 Å². The lowest BCUT2D eigenvalue weighted by Crippen LogP contribution is -2.37. The van der Waals surface area contributed by atoms with Crippen molar-refractivity contribution >= 4 is 26.0 Å². The van der Waals surface area contributed by atoms with Crippen LogP contribution >= 0.6 is 7.82 Å². The number of hydrogen-bond donors (Lipinski definition) is 0. The van der Waals surface area contributed by atoms with Gasteiger partial charge in [-0.25, -0.2) is 0 Å². The van der Waals surface area contributed by atoms with Crippen molar-refractivity contribution in [2.24, 2.45) is 0 Å². The van der Waals surface area contributed by atoms with Gasteiger partial charge in [-0.3, -0.25) is 14.2 Å². The first-order valence-corrected chi connectivity index (χ1v) is 16.6. The Hall–Kier alpha value is -1.32. The quantitative estimate of drug-likeness (QED) is 0.0380. The third-order valence-electron chi connectivity index (χ3n) is 6.35. The van der Waals surface area contributed by atoms with E-state index in [9.17, 15) is 23.8 Å². The summed E-state index contributed by atoms with van der Waals surface area (Å²) in [5, 5.41) is 0. The monoisotopic (exact) mass is 593 g/mol. The van der Waals surface area contributed by atoms with E-state index >= 15 is 0 Å². The molecular weight excluding hydrogens is 537 g/mol. The molecule has 40 heavy (non-hydrogen) atoms. The Bertz CT molecular complexity index is 712. The summed E-state index contributed by atoms with van der Waals surface area (Å²) in [5.41, 5.74) is 0. The van der Waals surface area contributed by atoms with Crippen LogP contribution in [0.15, 0.2) is 0 Å². The van der Waals surface area contributed by atoms with Crippen LogP contribution in [0.4, 0.5) is 0 Å². The highest BCUT2D eigenvalue weighted by molar-refractivity contribution is 7.45. The zero-order valence-corrected chi connectivity index (χ0v) is 26.5. The standard InChI is InChI=1S/C29H56NO9P/c1-5-6-7-8-9-10-11-12-13-14-15-16-17-20-28(32)36-25-27(39-29(33)21-18-19-23-31)26-38-40(34,35)37-24-22-30(2,3)4/h23,27H,5-22,24-26H2,1-4H3. The zero-order chi connectivity index (χ0) is 30.1. The number of esters is 2. The minimum Gasteiger partial charge on any atom is -0.756 e. The van der Waals surface area contributed by atoms with Crippen LogP contribution < -0.4 is 4.89 Å². The van der Waals surface area contributed by atoms with Gasteiger partial charge < -0.3 is 32.7 Å². The summed E-state index contributed by atoms with van der Waals surface area (Å²) in [6.45, 7) is 1.77. The van der Waals surface area contributed by atoms with Gasteiger partial charge in [0.15, 0.2) is 6.10 Å². The van der Waals surface area contributed by atoms with Crippen LogP contribution in [0.5, 0.6) is 0 Å². The molecule has 236 valence electrons. The van der Waals surface area contributed by atoms with Gasteiger partial charge in [0.25, 0.3) is 7.82 Å². The predicted molar refractivity (Wildman–Crippen MR) is 153 cm³/mol. The molecule has 0 aromatic heterocycles. The van der Waals surface area contributed by atoms with Gasteiger partial charge >= 0.3 is 11.9 Å². The Balaban J connectivity index is 4.27. The molecule has 0 bridgehead atoms. The lowest BCUT2D eigenvalue weighted by molar-refractivity contribution is -0.870. The minimum absolute atomic E-state index is 0.0167. The summed E-state index contributed by atoms with van der Waals surface area (Å²) in [6.07, 6.45) is 16.0. The summed E-state index contributed by atoms with van der Waals surface area (Å²) in [7, 11) is 1.05. The minimum atomic E-state index is -4.63. The largest absolute Gasteiger partial charge is 0.756 e. The number of ether oxygens (including phenoxy) is 2. The van der Waals surface area contributed by atoms with Gasteiger partial charge in [-0.05, 0) is 12.8 Å². The molecule has 0 aliphatic carbocycles. The first-order chi connectivity index (χ1) is 19.0. The first kappa shape index (κ1) is 38.7. The van der Waals surface area contributed by atoms with Crippen molar-refractivity contribution < 1.29 is 46.8 Å². The van der Waals surface area contributed by atoms with Crippen LogP contribution in [0, 0.1) is 0 Å². The Morgan fingerprint density at radius 1 is 0.775 bits per heavy atom. The SMILES string of the molecule is CCCCCCCCCCCCCCCC(=O)OCC(COP(=O)([O-])OCC[N+](C)(C)C)OC(=O)CCCC=O. The maximum absolute atomic E-state index is 12.2. The number of phosphoric ester groups is 1. The second-order valence-electron chi connectivity index (χ2n) is 11.4. The molecule has 0 saturated heterocycles. The number of carbonyl (C=O) groups is 3. The molecule has 0 fully saturated rings. The molecular formula is C29H56NO9P. The van der Waals surface area contributed by atoms with E-state index in [1.807, 2.05) is 21.1 Å². The molecule has 0 saturated carbocycles. The number of carbonyl (C=O) groups excluding carboxylic acids is 3. The maximum atomic E-state index is 12.2. The maximum Gasteiger partial charge on any atom is 0.306 e. The number of aldehydes is 1. The fraction of sp³-hybridized carbons (Fsp3) is 0.897. The van der Waals surface area contributed by atoms with Crippen molar-refractivity contribution in [3.63, 3.8) is 0 Å². The van der Waals surface area contributed by atoms with Crippen LogP contribution in [-0.4, -0.2) is 76.3 Å². The van der Waals surface area contributed by atoms with Gasteiger partial charge in [-0.15, -0.1) is 0 Å². The molecule has 0 aromatic rings. The van der Waals surface area contributed by atoms with E-state index in [0.717, 1.165) is 19.3 Å². The lowest BCUT2D eigenvalue weighted by atomic mass is 10.0. The van der Waals surface area contributed by atoms with Gasteiger partial charge in [0.05, 0.1) is 27.7 Å². The lowest BCUT2D eigenvalue weighted by Gasteiger charge is -2.28. The van der Waals surface area contributed by atoms with Gasteiger partial charge in [-0.1, -0.05) is 84.0 Å². The Morgan fingerprint density at radius 3 is 1.82 bits per heavy atom. The number of phosphoric acid groups is 1. The van der Waals surface area contributed by atoms with Crippen molar-refractivity contribution in [3.8, 4) is 0 Å². The molecule has 0 aliphatic heterocycles. The average Bonchev–Trinajstić information content (AvgIpc) is 2.87. The van der Waals surface area contributed by atoms with E-state index in [4.69, 9.17) is 18.5 Å². The fourth-order valence-corrected chi connectivity index (χ4v) is 4.60. The van der Waals surface area contributed by atoms with E-state index in [0.29, 0.717) is 30.2 Å². The van der Waals surface area contributed by atoms with Crippen LogP contribution in [0.1, 0.15) is 116 Å². The summed E-state index contributed by atoms with van der Waals surface area (Å²) in [6, 6.07) is 0. The van der Waals surface area contributed by atoms with Crippen LogP contribution in [0.2, 0.25) is 0 Å². The predicted octanol–water partition coefficient (Wildman–Crippen LogP) is 5.50. The summed E-state index contributed by atoms with van der Waals surface area (Å²) < 4.78 is 32.9. The number of nitrogens with zero attached hydrogens (tertiary/aromatic N) is 1. The third kappa shape index (κ3) is 26.9. The van der Waals surface area contributed by atoms with E-state index in [1.54, 1.807) is 0 Å². The molecule has 2 atom stereocenters. The van der Waals surface area contributed by atoms with Gasteiger partial charge in [0, 0.05) is 19.3 Å². The average molecular weight is 594 g/mol. The number of likely N-dealkylation sites (N-methyl/N-ethyl adjacent to an activating group) is 1. The van der Waals surface area contributed by atoms with E-state index in [-0.39, 0.29) is 32.5 Å². The topological polar surface area (TPSA) is 128 Å². The molecule has 0 aromatic carbocycles. The molecule has 2 unspecified atom stereocenters. The molecule has 0 amide bonds. The Kier molecular flexibility index (Phi) is 23.5. The van der Waals surface area contributed by atoms with Crippen molar-refractivity contribution in [1.82, 2.24) is 0 Å². The Labute approximate surface area is 242 Å². The highest BCUT2D eigenvalue weighted by Gasteiger charge is 2.21. The van der Waals surface area contributed by atoms with Gasteiger partial charge in [0.2, 0.25) is 0 Å². The van der Waals surface area contributed by atoms with Gasteiger partial charge in [-0.2, -0.15) is 0 Å². The molecule has 10 nitrogen and oxygen atoms in total. The van der Waals surface area contributed by atoms with Crippen LogP contribution in [0.25, 0.3) is 0 Å². The number of unbranched alkanes of at least 4 members (excludes halogenated alkanes) is 13. The molecule has 11 heteroatoms. The second kappa shape index (κ2) is 24.3. The molecule has 0 heterocycles. The summed E-state index contributed by atoms with van der Waals surface area (Å²) in [5.74, 6) is -1.07. The van der Waals surface area contributed by atoms with E-state index in [2.05, 4.69) is 6.92 Å². The fourth-order valence-electron chi connectivity index (χ4n) is 3.87.